The highest BCUT2D eigenvalue weighted by molar-refractivity contribution is 5.75. The number of rotatable bonds is 0. The molecule has 0 saturated heterocycles. The zero-order chi connectivity index (χ0) is 4.00. The van der Waals surface area contributed by atoms with Crippen molar-refractivity contribution in [2.24, 2.45) is 11.5 Å². The number of hydrogen-bond acceptors (Lipinski definition) is 2. The molecule has 0 aromatic rings. The maximum absolute atomic E-state index is 4.50. The molecule has 4 N–H and O–H groups in total. The van der Waals surface area contributed by atoms with Crippen molar-refractivity contribution < 1.29 is 0 Å². The largest absolute Gasteiger partial charge is 0.333 e. The van der Waals surface area contributed by atoms with E-state index in [1.54, 1.807) is 0 Å². The van der Waals surface area contributed by atoms with Gasteiger partial charge in [0.05, 0.1) is 0 Å². The molecule has 3 radical (unpaired) electrons. The Morgan fingerprint density at radius 1 is 0.714 bits per heavy atom. The Balaban J connectivity index is -0.00000000267. The van der Waals surface area contributed by atoms with Gasteiger partial charge in [-0.1, -0.05) is 14.9 Å². The molecule has 0 aromatic carbocycles. The van der Waals surface area contributed by atoms with Gasteiger partial charge in [0, 0.05) is 8.41 Å². The highest BCUT2D eigenvalue weighted by Crippen LogP contribution is 0.471. The first-order chi connectivity index (χ1) is 2.00. The lowest BCUT2D eigenvalue weighted by atomic mass is 10.8. The first-order valence-corrected chi connectivity index (χ1v) is 1.15. The predicted octanol–water partition coefficient (Wildman–Crippen LogP) is 0.0412. The maximum Gasteiger partial charge on any atom is 0 e. The van der Waals surface area contributed by atoms with Crippen molar-refractivity contribution in [1.29, 1.82) is 0 Å². The van der Waals surface area contributed by atoms with Crippen molar-refractivity contribution in [2.45, 2.75) is 14.9 Å². The third-order valence-corrected chi connectivity index (χ3v) is 0. The Kier molecular flexibility index (Phi) is 5940000. The average molecular weight is 105 g/mol. The lowest BCUT2D eigenvalue weighted by molar-refractivity contribution is 1.48. The SMILES string of the molecule is C.C.CN.CN.[B]. The number of nitrogens with two attached hydrogens (primary N) is 2. The summed E-state index contributed by atoms with van der Waals surface area (Å²) in [5.41, 5.74) is 9.00. The Morgan fingerprint density at radius 2 is 0.714 bits per heavy atom. The van der Waals surface area contributed by atoms with Gasteiger partial charge in [0.2, 0.25) is 0 Å². The molecule has 0 bridgehead atoms. The molecule has 0 spiro atoms. The zero-order valence-corrected chi connectivity index (χ0v) is 3.73. The first-order valence-electron chi connectivity index (χ1n) is 1.15. The van der Waals surface area contributed by atoms with E-state index in [9.17, 15) is 0 Å². The van der Waals surface area contributed by atoms with Gasteiger partial charge in [-0.2, -0.15) is 0 Å². The lowest BCUT2D eigenvalue weighted by Crippen LogP contribution is -1.69. The molecule has 0 aliphatic carbocycles. The molecule has 0 unspecified atom stereocenters. The predicted molar refractivity (Wildman–Crippen MR) is 39.4 cm³/mol. The topological polar surface area (TPSA) is 52.0 Å². The summed E-state index contributed by atoms with van der Waals surface area (Å²) < 4.78 is 0. The van der Waals surface area contributed by atoms with Crippen LogP contribution in [0.3, 0.4) is 0 Å². The maximum atomic E-state index is 4.50. The van der Waals surface area contributed by atoms with E-state index in [2.05, 4.69) is 11.5 Å². The van der Waals surface area contributed by atoms with Gasteiger partial charge in [-0.05, 0) is 14.1 Å². The molecule has 0 saturated carbocycles. The van der Waals surface area contributed by atoms with E-state index >= 15 is 0 Å². The highest BCUT2D eigenvalue weighted by Gasteiger charge is 0.838. The van der Waals surface area contributed by atoms with Crippen LogP contribution in [0.2, 0.25) is 0 Å². The van der Waals surface area contributed by atoms with Crippen molar-refractivity contribution in [3.63, 3.8) is 0 Å². The fraction of sp³-hybridized carbons (Fsp3) is 1.00. The fourth-order valence-electron chi connectivity index (χ4n) is 0. The zero-order valence-electron chi connectivity index (χ0n) is 3.73. The van der Waals surface area contributed by atoms with E-state index in [0.29, 0.717) is 0 Å². The standard InChI is InChI=1S/2CH5N.2CH4.B/c2*1-2;;;/h2*2H2,1H3;2*1H4;. The van der Waals surface area contributed by atoms with Crippen LogP contribution in [0.25, 0.3) is 0 Å². The second kappa shape index (κ2) is 655000. The summed E-state index contributed by atoms with van der Waals surface area (Å²) >= 11 is 0. The fourth-order valence-corrected chi connectivity index (χ4v) is 0. The lowest BCUT2D eigenvalue weighted by Gasteiger charge is -1.19. The van der Waals surface area contributed by atoms with E-state index < -0.39 is 0 Å². The van der Waals surface area contributed by atoms with Gasteiger partial charge in [-0.15, -0.1) is 0 Å². The average Bonchev–Trinajstić information content (AvgIpc) is 1.50. The van der Waals surface area contributed by atoms with Crippen LogP contribution >= 0.6 is 0 Å². The van der Waals surface area contributed by atoms with Gasteiger partial charge in [-0.3, -0.25) is 0 Å². The Bertz CT molecular complexity index is 9.65. The summed E-state index contributed by atoms with van der Waals surface area (Å²) in [6.07, 6.45) is 0. The van der Waals surface area contributed by atoms with Crippen molar-refractivity contribution in [1.82, 2.24) is 0 Å². The van der Waals surface area contributed by atoms with Crippen molar-refractivity contribution >= 4 is 8.41 Å². The van der Waals surface area contributed by atoms with Crippen LogP contribution in [-0.4, -0.2) is 22.5 Å². The van der Waals surface area contributed by atoms with Crippen LogP contribution in [0.5, 0.6) is 0 Å². The van der Waals surface area contributed by atoms with Crippen LogP contribution < -0.4 is 11.5 Å². The van der Waals surface area contributed by atoms with E-state index in [0.717, 1.165) is 0 Å². The van der Waals surface area contributed by atoms with Crippen molar-refractivity contribution in [3.05, 3.63) is 0 Å². The summed E-state index contributed by atoms with van der Waals surface area (Å²) in [6.45, 7) is 0. The minimum atomic E-state index is 0. The number of hydrogen-bond donors (Lipinski definition) is 2. The molecule has 47 valence electrons. The molecule has 0 aromatic heterocycles. The Hall–Kier alpha value is -0.0151. The molecular formula is C4H18BN2. The van der Waals surface area contributed by atoms with E-state index in [-0.39, 0.29) is 23.3 Å². The second-order valence-corrected chi connectivity index (χ2v) is 0. The van der Waals surface area contributed by atoms with Crippen LogP contribution in [0, 0.1) is 0 Å². The van der Waals surface area contributed by atoms with Gasteiger partial charge in [0.15, 0.2) is 0 Å². The van der Waals surface area contributed by atoms with Gasteiger partial charge in [0.25, 0.3) is 0 Å². The molecular weight excluding hydrogens is 86.9 g/mol. The van der Waals surface area contributed by atoms with Crippen LogP contribution in [0.1, 0.15) is 14.9 Å². The summed E-state index contributed by atoms with van der Waals surface area (Å²) in [6, 6.07) is 0. The molecule has 0 fully saturated rings. The van der Waals surface area contributed by atoms with Gasteiger partial charge in [0.1, 0.15) is 0 Å². The molecule has 0 heterocycles. The van der Waals surface area contributed by atoms with Gasteiger partial charge >= 0.3 is 0 Å². The molecule has 7 heavy (non-hydrogen) atoms. The Labute approximate surface area is 49.9 Å². The van der Waals surface area contributed by atoms with Crippen LogP contribution in [-0.2, 0) is 0 Å². The van der Waals surface area contributed by atoms with E-state index in [4.69, 9.17) is 0 Å². The smallest absolute Gasteiger partial charge is 0 e. The molecule has 0 aliphatic rings. The van der Waals surface area contributed by atoms with E-state index in [1.807, 2.05) is 0 Å². The third kappa shape index (κ3) is 419000. The second-order valence-electron chi connectivity index (χ2n) is 0. The summed E-state index contributed by atoms with van der Waals surface area (Å²) in [5.74, 6) is 0. The highest BCUT2D eigenvalue weighted by atomic mass is 14.4. The molecule has 0 aliphatic heterocycles. The normalized spacial score (nSPS) is 1.71. The molecule has 0 atom stereocenters. The molecule has 3 heteroatoms. The van der Waals surface area contributed by atoms with Crippen LogP contribution in [0.4, 0.5) is 0 Å². The minimum absolute atomic E-state index is 0. The summed E-state index contributed by atoms with van der Waals surface area (Å²) in [5, 5.41) is 0. The summed E-state index contributed by atoms with van der Waals surface area (Å²) in [7, 11) is 3.00. The quantitative estimate of drug-likeness (QED) is 0.427. The van der Waals surface area contributed by atoms with Gasteiger partial charge < -0.3 is 11.5 Å². The van der Waals surface area contributed by atoms with Gasteiger partial charge in [-0.25, -0.2) is 0 Å². The van der Waals surface area contributed by atoms with E-state index in [1.165, 1.54) is 14.1 Å². The van der Waals surface area contributed by atoms with Crippen molar-refractivity contribution in [3.8, 4) is 0 Å². The minimum Gasteiger partial charge on any atom is -0.333 e. The molecule has 2 nitrogen and oxygen atoms in total. The first kappa shape index (κ1) is 63.5. The van der Waals surface area contributed by atoms with Crippen LogP contribution in [0.15, 0.2) is 0 Å². The molecule has 0 amide bonds. The van der Waals surface area contributed by atoms with Crippen molar-refractivity contribution in [2.75, 3.05) is 14.1 Å². The summed E-state index contributed by atoms with van der Waals surface area (Å²) in [4.78, 5) is 0. The monoisotopic (exact) mass is 105 g/mol. The third-order valence-electron chi connectivity index (χ3n) is 0. The Morgan fingerprint density at radius 3 is 0.714 bits per heavy atom. The molecule has 0 rings (SSSR count).